The Morgan fingerprint density at radius 1 is 1.38 bits per heavy atom. The number of thiophene rings is 1. The Morgan fingerprint density at radius 3 is 2.57 bits per heavy atom. The van der Waals surface area contributed by atoms with E-state index in [0.29, 0.717) is 11.3 Å². The number of nitrogens with zero attached hydrogens (tertiary/aromatic N) is 1. The van der Waals surface area contributed by atoms with Crippen molar-refractivity contribution < 1.29 is 19.2 Å². The third kappa shape index (κ3) is 3.49. The molecule has 2 aromatic rings. The third-order valence-corrected chi connectivity index (χ3v) is 4.18. The highest BCUT2D eigenvalue weighted by Crippen LogP contribution is 2.18. The lowest BCUT2D eigenvalue weighted by Gasteiger charge is -2.12. The summed E-state index contributed by atoms with van der Waals surface area (Å²) < 4.78 is 5.09. The summed E-state index contributed by atoms with van der Waals surface area (Å²) in [5.74, 6) is -0.549. The second-order valence-electron chi connectivity index (χ2n) is 4.85. The molecule has 1 amide bonds. The van der Waals surface area contributed by atoms with Crippen molar-refractivity contribution >= 4 is 23.2 Å². The minimum atomic E-state index is -1.03. The SMILES string of the molecule is Cc1noc(C)c1C[C@H](C)NC(=O)c1ccc(C(=O)O)s1. The highest BCUT2D eigenvalue weighted by Gasteiger charge is 2.17. The van der Waals surface area contributed by atoms with E-state index in [0.717, 1.165) is 28.4 Å². The fourth-order valence-corrected chi connectivity index (χ4v) is 2.77. The smallest absolute Gasteiger partial charge is 0.345 e. The summed E-state index contributed by atoms with van der Waals surface area (Å²) in [6.45, 7) is 5.58. The van der Waals surface area contributed by atoms with Crippen molar-refractivity contribution in [2.45, 2.75) is 33.2 Å². The molecule has 0 unspecified atom stereocenters. The van der Waals surface area contributed by atoms with Crippen LogP contribution in [-0.4, -0.2) is 28.2 Å². The van der Waals surface area contributed by atoms with E-state index in [1.165, 1.54) is 12.1 Å². The molecule has 1 atom stereocenters. The summed E-state index contributed by atoms with van der Waals surface area (Å²) in [6.07, 6.45) is 0.615. The zero-order chi connectivity index (χ0) is 15.6. The molecular weight excluding hydrogens is 292 g/mol. The second kappa shape index (κ2) is 6.09. The van der Waals surface area contributed by atoms with Gasteiger partial charge in [0.1, 0.15) is 10.6 Å². The fraction of sp³-hybridized carbons (Fsp3) is 0.357. The molecule has 2 heterocycles. The standard InChI is InChI=1S/C14H16N2O4S/c1-7(6-10-8(2)16-20-9(10)3)15-13(17)11-4-5-12(21-11)14(18)19/h4-5,7H,6H2,1-3H3,(H,15,17)(H,18,19)/t7-/m0/s1. The summed E-state index contributed by atoms with van der Waals surface area (Å²) in [6, 6.07) is 2.84. The normalized spacial score (nSPS) is 12.1. The summed E-state index contributed by atoms with van der Waals surface area (Å²) >= 11 is 0.963. The molecule has 0 aromatic carbocycles. The van der Waals surface area contributed by atoms with E-state index >= 15 is 0 Å². The summed E-state index contributed by atoms with van der Waals surface area (Å²) in [5, 5.41) is 15.6. The lowest BCUT2D eigenvalue weighted by atomic mass is 10.1. The number of carbonyl (C=O) groups excluding carboxylic acids is 1. The van der Waals surface area contributed by atoms with Gasteiger partial charge >= 0.3 is 5.97 Å². The predicted molar refractivity (Wildman–Crippen MR) is 77.9 cm³/mol. The Balaban J connectivity index is 2.00. The number of aromatic nitrogens is 1. The molecule has 6 nitrogen and oxygen atoms in total. The molecule has 0 saturated carbocycles. The number of nitrogens with one attached hydrogen (secondary N) is 1. The van der Waals surface area contributed by atoms with Crippen molar-refractivity contribution in [1.29, 1.82) is 0 Å². The largest absolute Gasteiger partial charge is 0.477 e. The lowest BCUT2D eigenvalue weighted by molar-refractivity contribution is 0.0702. The first-order valence-corrected chi connectivity index (χ1v) is 7.26. The first-order valence-electron chi connectivity index (χ1n) is 6.44. The van der Waals surface area contributed by atoms with Gasteiger partial charge in [-0.1, -0.05) is 5.16 Å². The molecule has 2 N–H and O–H groups in total. The van der Waals surface area contributed by atoms with Gasteiger partial charge in [0.2, 0.25) is 0 Å². The Hall–Kier alpha value is -2.15. The van der Waals surface area contributed by atoms with Crippen LogP contribution in [0, 0.1) is 13.8 Å². The maximum Gasteiger partial charge on any atom is 0.345 e. The first-order chi connectivity index (χ1) is 9.88. The van der Waals surface area contributed by atoms with Crippen LogP contribution in [0.2, 0.25) is 0 Å². The van der Waals surface area contributed by atoms with Gasteiger partial charge in [-0.2, -0.15) is 0 Å². The van der Waals surface area contributed by atoms with E-state index < -0.39 is 5.97 Å². The molecular formula is C14H16N2O4S. The molecule has 0 aliphatic carbocycles. The average molecular weight is 308 g/mol. The van der Waals surface area contributed by atoms with Crippen LogP contribution in [0.25, 0.3) is 0 Å². The van der Waals surface area contributed by atoms with E-state index in [1.54, 1.807) is 0 Å². The summed E-state index contributed by atoms with van der Waals surface area (Å²) in [7, 11) is 0. The first kappa shape index (κ1) is 15.2. The van der Waals surface area contributed by atoms with Gasteiger partial charge in [-0.3, -0.25) is 4.79 Å². The van der Waals surface area contributed by atoms with Crippen LogP contribution in [0.15, 0.2) is 16.7 Å². The van der Waals surface area contributed by atoms with Gasteiger partial charge < -0.3 is 14.9 Å². The Morgan fingerprint density at radius 2 is 2.05 bits per heavy atom. The van der Waals surface area contributed by atoms with Crippen LogP contribution in [0.1, 0.15) is 43.3 Å². The quantitative estimate of drug-likeness (QED) is 0.885. The van der Waals surface area contributed by atoms with E-state index in [2.05, 4.69) is 10.5 Å². The van der Waals surface area contributed by atoms with Crippen LogP contribution < -0.4 is 5.32 Å². The number of carboxylic acids is 1. The Labute approximate surface area is 125 Å². The molecule has 0 aliphatic heterocycles. The number of carboxylic acid groups (broad SMARTS) is 1. The molecule has 2 rings (SSSR count). The van der Waals surface area contributed by atoms with Gasteiger partial charge in [0.05, 0.1) is 10.6 Å². The molecule has 0 saturated heterocycles. The monoisotopic (exact) mass is 308 g/mol. The average Bonchev–Trinajstić information content (AvgIpc) is 3.01. The molecule has 0 radical (unpaired) electrons. The van der Waals surface area contributed by atoms with E-state index in [9.17, 15) is 9.59 Å². The molecule has 2 aromatic heterocycles. The predicted octanol–water partition coefficient (Wildman–Crippen LogP) is 2.41. The highest BCUT2D eigenvalue weighted by molar-refractivity contribution is 7.15. The Bertz CT molecular complexity index is 655. The summed E-state index contributed by atoms with van der Waals surface area (Å²) in [4.78, 5) is 23.4. The number of carbonyl (C=O) groups is 2. The van der Waals surface area contributed by atoms with Gasteiger partial charge in [0, 0.05) is 11.6 Å². The minimum absolute atomic E-state index is 0.107. The molecule has 0 bridgehead atoms. The molecule has 0 spiro atoms. The van der Waals surface area contributed by atoms with E-state index in [1.807, 2.05) is 20.8 Å². The van der Waals surface area contributed by atoms with Gasteiger partial charge in [-0.05, 0) is 39.3 Å². The zero-order valence-electron chi connectivity index (χ0n) is 12.0. The zero-order valence-corrected chi connectivity index (χ0v) is 12.8. The highest BCUT2D eigenvalue weighted by atomic mass is 32.1. The number of aryl methyl sites for hydroxylation is 2. The second-order valence-corrected chi connectivity index (χ2v) is 5.93. The van der Waals surface area contributed by atoms with Crippen LogP contribution in [0.4, 0.5) is 0 Å². The molecule has 21 heavy (non-hydrogen) atoms. The van der Waals surface area contributed by atoms with Gasteiger partial charge in [-0.15, -0.1) is 11.3 Å². The maximum absolute atomic E-state index is 12.1. The van der Waals surface area contributed by atoms with Crippen molar-refractivity contribution in [3.05, 3.63) is 38.9 Å². The number of aromatic carboxylic acids is 1. The van der Waals surface area contributed by atoms with Crippen molar-refractivity contribution in [2.75, 3.05) is 0 Å². The fourth-order valence-electron chi connectivity index (χ4n) is 2.02. The van der Waals surface area contributed by atoms with E-state index in [-0.39, 0.29) is 16.8 Å². The minimum Gasteiger partial charge on any atom is -0.477 e. The van der Waals surface area contributed by atoms with Crippen molar-refractivity contribution in [2.24, 2.45) is 0 Å². The van der Waals surface area contributed by atoms with Gasteiger partial charge in [0.25, 0.3) is 5.91 Å². The van der Waals surface area contributed by atoms with Crippen LogP contribution in [0.5, 0.6) is 0 Å². The van der Waals surface area contributed by atoms with Gasteiger partial charge in [-0.25, -0.2) is 4.79 Å². The third-order valence-electron chi connectivity index (χ3n) is 3.11. The van der Waals surface area contributed by atoms with Gasteiger partial charge in [0.15, 0.2) is 0 Å². The molecule has 0 fully saturated rings. The number of hydrogen-bond donors (Lipinski definition) is 2. The van der Waals surface area contributed by atoms with Crippen LogP contribution in [0.3, 0.4) is 0 Å². The van der Waals surface area contributed by atoms with E-state index in [4.69, 9.17) is 9.63 Å². The maximum atomic E-state index is 12.1. The van der Waals surface area contributed by atoms with Crippen molar-refractivity contribution in [3.8, 4) is 0 Å². The van der Waals surface area contributed by atoms with Crippen molar-refractivity contribution in [3.63, 3.8) is 0 Å². The number of amides is 1. The Kier molecular flexibility index (Phi) is 4.42. The molecule has 0 aliphatic rings. The van der Waals surface area contributed by atoms with Crippen LogP contribution in [-0.2, 0) is 6.42 Å². The molecule has 7 heteroatoms. The number of rotatable bonds is 5. The molecule has 112 valence electrons. The topological polar surface area (TPSA) is 92.4 Å². The number of hydrogen-bond acceptors (Lipinski definition) is 5. The van der Waals surface area contributed by atoms with Crippen LogP contribution >= 0.6 is 11.3 Å². The van der Waals surface area contributed by atoms with Crippen molar-refractivity contribution in [1.82, 2.24) is 10.5 Å². The lowest BCUT2D eigenvalue weighted by Crippen LogP contribution is -2.33. The summed E-state index contributed by atoms with van der Waals surface area (Å²) in [5.41, 5.74) is 1.80.